The molecule has 0 aliphatic heterocycles. The van der Waals surface area contributed by atoms with E-state index in [2.05, 4.69) is 5.32 Å². The summed E-state index contributed by atoms with van der Waals surface area (Å²) in [5.74, 6) is 0.558. The van der Waals surface area contributed by atoms with Gasteiger partial charge < -0.3 is 10.1 Å². The van der Waals surface area contributed by atoms with Crippen LogP contribution in [0.2, 0.25) is 5.02 Å². The standard InChI is InChI=1S/C16H18ClNO2/c1-3-11(2)18-16(19)10-20-15-9-8-14(17)12-6-4-5-7-13(12)15/h4-9,11H,3,10H2,1-2H3,(H,18,19). The number of rotatable bonds is 5. The summed E-state index contributed by atoms with van der Waals surface area (Å²) in [7, 11) is 0. The zero-order valence-electron chi connectivity index (χ0n) is 11.7. The van der Waals surface area contributed by atoms with Crippen molar-refractivity contribution >= 4 is 28.3 Å². The fraction of sp³-hybridized carbons (Fsp3) is 0.312. The lowest BCUT2D eigenvalue weighted by Gasteiger charge is -2.13. The zero-order valence-corrected chi connectivity index (χ0v) is 12.4. The van der Waals surface area contributed by atoms with Crippen LogP contribution in [0.25, 0.3) is 10.8 Å². The maximum Gasteiger partial charge on any atom is 0.258 e. The van der Waals surface area contributed by atoms with Crippen LogP contribution in [0.15, 0.2) is 36.4 Å². The first-order valence-electron chi connectivity index (χ1n) is 6.71. The van der Waals surface area contributed by atoms with Crippen LogP contribution >= 0.6 is 11.6 Å². The summed E-state index contributed by atoms with van der Waals surface area (Å²) in [5, 5.41) is 5.39. The number of hydrogen-bond acceptors (Lipinski definition) is 2. The van der Waals surface area contributed by atoms with Gasteiger partial charge in [-0.2, -0.15) is 0 Å². The topological polar surface area (TPSA) is 38.3 Å². The third kappa shape index (κ3) is 3.42. The molecule has 2 aromatic rings. The average Bonchev–Trinajstić information content (AvgIpc) is 2.46. The molecule has 0 saturated heterocycles. The lowest BCUT2D eigenvalue weighted by Crippen LogP contribution is -2.35. The molecule has 0 aliphatic carbocycles. The van der Waals surface area contributed by atoms with Crippen molar-refractivity contribution in [2.75, 3.05) is 6.61 Å². The van der Waals surface area contributed by atoms with Gasteiger partial charge in [-0.1, -0.05) is 42.8 Å². The molecule has 106 valence electrons. The second-order valence-corrected chi connectivity index (χ2v) is 5.16. The van der Waals surface area contributed by atoms with Crippen LogP contribution in [0.1, 0.15) is 20.3 Å². The fourth-order valence-electron chi connectivity index (χ4n) is 1.92. The van der Waals surface area contributed by atoms with Gasteiger partial charge in [0.2, 0.25) is 0 Å². The molecular weight excluding hydrogens is 274 g/mol. The summed E-state index contributed by atoms with van der Waals surface area (Å²) in [5.41, 5.74) is 0. The van der Waals surface area contributed by atoms with Crippen LogP contribution in [-0.2, 0) is 4.79 Å². The van der Waals surface area contributed by atoms with Crippen molar-refractivity contribution in [3.63, 3.8) is 0 Å². The molecule has 3 nitrogen and oxygen atoms in total. The first kappa shape index (κ1) is 14.7. The zero-order chi connectivity index (χ0) is 14.5. The number of fused-ring (bicyclic) bond motifs is 1. The summed E-state index contributed by atoms with van der Waals surface area (Å²) < 4.78 is 5.61. The van der Waals surface area contributed by atoms with Crippen LogP contribution < -0.4 is 10.1 Å². The second-order valence-electron chi connectivity index (χ2n) is 4.76. The Morgan fingerprint density at radius 1 is 1.25 bits per heavy atom. The Hall–Kier alpha value is -1.74. The fourth-order valence-corrected chi connectivity index (χ4v) is 2.15. The summed E-state index contributed by atoms with van der Waals surface area (Å²) >= 11 is 6.14. The van der Waals surface area contributed by atoms with Crippen LogP contribution in [-0.4, -0.2) is 18.6 Å². The summed E-state index contributed by atoms with van der Waals surface area (Å²) in [4.78, 5) is 11.7. The van der Waals surface area contributed by atoms with Crippen LogP contribution in [0, 0.1) is 0 Å². The SMILES string of the molecule is CCC(C)NC(=O)COc1ccc(Cl)c2ccccc12. The Kier molecular flexibility index (Phi) is 4.85. The number of halogens is 1. The lowest BCUT2D eigenvalue weighted by molar-refractivity contribution is -0.123. The van der Waals surface area contributed by atoms with Crippen molar-refractivity contribution in [2.24, 2.45) is 0 Å². The molecule has 0 heterocycles. The van der Waals surface area contributed by atoms with E-state index in [-0.39, 0.29) is 18.6 Å². The first-order valence-corrected chi connectivity index (χ1v) is 7.09. The van der Waals surface area contributed by atoms with E-state index in [0.29, 0.717) is 10.8 Å². The van der Waals surface area contributed by atoms with Crippen molar-refractivity contribution < 1.29 is 9.53 Å². The smallest absolute Gasteiger partial charge is 0.258 e. The maximum absolute atomic E-state index is 11.7. The van der Waals surface area contributed by atoms with Gasteiger partial charge in [0.05, 0.1) is 0 Å². The number of amides is 1. The molecule has 0 spiro atoms. The van der Waals surface area contributed by atoms with Gasteiger partial charge in [-0.3, -0.25) is 4.79 Å². The van der Waals surface area contributed by atoms with Crippen molar-refractivity contribution in [1.82, 2.24) is 5.32 Å². The van der Waals surface area contributed by atoms with E-state index in [1.165, 1.54) is 0 Å². The summed E-state index contributed by atoms with van der Waals surface area (Å²) in [6.07, 6.45) is 0.898. The number of ether oxygens (including phenoxy) is 1. The van der Waals surface area contributed by atoms with E-state index in [0.717, 1.165) is 17.2 Å². The molecule has 4 heteroatoms. The molecule has 2 rings (SSSR count). The molecule has 0 radical (unpaired) electrons. The molecule has 0 fully saturated rings. The Labute approximate surface area is 123 Å². The Balaban J connectivity index is 2.11. The van der Waals surface area contributed by atoms with E-state index < -0.39 is 0 Å². The van der Waals surface area contributed by atoms with E-state index in [1.54, 1.807) is 12.1 Å². The molecule has 0 aliphatic rings. The highest BCUT2D eigenvalue weighted by atomic mass is 35.5. The van der Waals surface area contributed by atoms with Gasteiger partial charge >= 0.3 is 0 Å². The Morgan fingerprint density at radius 3 is 2.65 bits per heavy atom. The summed E-state index contributed by atoms with van der Waals surface area (Å²) in [6.45, 7) is 4.00. The Bertz CT molecular complexity index is 612. The number of benzene rings is 2. The van der Waals surface area contributed by atoms with Crippen molar-refractivity contribution in [3.05, 3.63) is 41.4 Å². The molecule has 0 bridgehead atoms. The minimum Gasteiger partial charge on any atom is -0.483 e. The van der Waals surface area contributed by atoms with Crippen molar-refractivity contribution in [1.29, 1.82) is 0 Å². The van der Waals surface area contributed by atoms with Gasteiger partial charge in [0, 0.05) is 21.8 Å². The minimum atomic E-state index is -0.113. The molecule has 2 aromatic carbocycles. The Morgan fingerprint density at radius 2 is 1.95 bits per heavy atom. The largest absolute Gasteiger partial charge is 0.483 e. The number of carbonyl (C=O) groups excluding carboxylic acids is 1. The van der Waals surface area contributed by atoms with Crippen molar-refractivity contribution in [3.8, 4) is 5.75 Å². The van der Waals surface area contributed by atoms with Gasteiger partial charge in [-0.05, 0) is 25.5 Å². The van der Waals surface area contributed by atoms with Gasteiger partial charge in [-0.25, -0.2) is 0 Å². The predicted octanol–water partition coefficient (Wildman–Crippen LogP) is 3.79. The third-order valence-electron chi connectivity index (χ3n) is 3.21. The molecule has 1 unspecified atom stereocenters. The molecule has 1 atom stereocenters. The van der Waals surface area contributed by atoms with E-state index >= 15 is 0 Å². The maximum atomic E-state index is 11.7. The molecule has 0 saturated carbocycles. The predicted molar refractivity (Wildman–Crippen MR) is 82.3 cm³/mol. The molecular formula is C16H18ClNO2. The van der Waals surface area contributed by atoms with E-state index in [9.17, 15) is 4.79 Å². The number of carbonyl (C=O) groups is 1. The summed E-state index contributed by atoms with van der Waals surface area (Å²) in [6, 6.07) is 11.5. The van der Waals surface area contributed by atoms with Crippen LogP contribution in [0.3, 0.4) is 0 Å². The number of nitrogens with one attached hydrogen (secondary N) is 1. The van der Waals surface area contributed by atoms with Gasteiger partial charge in [0.1, 0.15) is 5.75 Å². The first-order chi connectivity index (χ1) is 9.61. The van der Waals surface area contributed by atoms with Gasteiger partial charge in [0.25, 0.3) is 5.91 Å². The number of hydrogen-bond donors (Lipinski definition) is 1. The van der Waals surface area contributed by atoms with Crippen LogP contribution in [0.4, 0.5) is 0 Å². The average molecular weight is 292 g/mol. The highest BCUT2D eigenvalue weighted by Gasteiger charge is 2.09. The normalized spacial score (nSPS) is 12.2. The molecule has 20 heavy (non-hydrogen) atoms. The lowest BCUT2D eigenvalue weighted by atomic mass is 10.1. The third-order valence-corrected chi connectivity index (χ3v) is 3.54. The van der Waals surface area contributed by atoms with E-state index in [4.69, 9.17) is 16.3 Å². The van der Waals surface area contributed by atoms with Crippen LogP contribution in [0.5, 0.6) is 5.75 Å². The van der Waals surface area contributed by atoms with Crippen molar-refractivity contribution in [2.45, 2.75) is 26.3 Å². The minimum absolute atomic E-state index is 0.00989. The van der Waals surface area contributed by atoms with E-state index in [1.807, 2.05) is 38.1 Å². The second kappa shape index (κ2) is 6.62. The molecule has 1 amide bonds. The quantitative estimate of drug-likeness (QED) is 0.910. The molecule has 0 aromatic heterocycles. The van der Waals surface area contributed by atoms with Gasteiger partial charge in [-0.15, -0.1) is 0 Å². The highest BCUT2D eigenvalue weighted by molar-refractivity contribution is 6.35. The monoisotopic (exact) mass is 291 g/mol. The molecule has 1 N–H and O–H groups in total. The highest BCUT2D eigenvalue weighted by Crippen LogP contribution is 2.31. The van der Waals surface area contributed by atoms with Gasteiger partial charge in [0.15, 0.2) is 6.61 Å².